The number of halogens is 1. The minimum absolute atomic E-state index is 0.0414. The number of carbonyl (C=O) groups excluding carboxylic acids is 1. The van der Waals surface area contributed by atoms with Crippen LogP contribution < -0.4 is 9.47 Å². The van der Waals surface area contributed by atoms with E-state index in [0.717, 1.165) is 12.0 Å². The smallest absolute Gasteiger partial charge is 0.349 e. The molecule has 0 aliphatic rings. The van der Waals surface area contributed by atoms with Crippen LogP contribution in [0.15, 0.2) is 46.9 Å². The molecule has 132 valence electrons. The minimum Gasteiger partial charge on any atom is -0.482 e. The Kier molecular flexibility index (Phi) is 6.52. The predicted molar refractivity (Wildman–Crippen MR) is 97.1 cm³/mol. The van der Waals surface area contributed by atoms with Gasteiger partial charge in [-0.15, -0.1) is 0 Å². The van der Waals surface area contributed by atoms with Crippen LogP contribution in [-0.2, 0) is 4.79 Å². The molecule has 1 unspecified atom stereocenters. The van der Waals surface area contributed by atoms with Crippen LogP contribution in [0.1, 0.15) is 31.7 Å². The summed E-state index contributed by atoms with van der Waals surface area (Å²) in [7, 11) is 0. The molecular formula is C18H18BrNO5. The summed E-state index contributed by atoms with van der Waals surface area (Å²) in [5, 5.41) is 10.6. The number of non-ortho nitro benzene ring substituents is 1. The fourth-order valence-corrected chi connectivity index (χ4v) is 2.58. The minimum atomic E-state index is -0.560. The summed E-state index contributed by atoms with van der Waals surface area (Å²) in [6.45, 7) is 3.95. The van der Waals surface area contributed by atoms with Crippen molar-refractivity contribution >= 4 is 27.6 Å². The van der Waals surface area contributed by atoms with Gasteiger partial charge in [0.1, 0.15) is 11.5 Å². The SMILES string of the molecule is CCC(C)c1ccc(OC(=O)COc2ccc([N+](=O)[O-])cc2)c(Br)c1. The molecule has 0 aromatic heterocycles. The van der Waals surface area contributed by atoms with E-state index in [4.69, 9.17) is 9.47 Å². The average molecular weight is 408 g/mol. The van der Waals surface area contributed by atoms with Crippen molar-refractivity contribution in [1.82, 2.24) is 0 Å². The van der Waals surface area contributed by atoms with Gasteiger partial charge in [-0.25, -0.2) is 4.79 Å². The summed E-state index contributed by atoms with van der Waals surface area (Å²) in [5.41, 5.74) is 1.12. The topological polar surface area (TPSA) is 78.7 Å². The summed E-state index contributed by atoms with van der Waals surface area (Å²) in [6, 6.07) is 11.1. The van der Waals surface area contributed by atoms with E-state index in [9.17, 15) is 14.9 Å². The third-order valence-electron chi connectivity index (χ3n) is 3.77. The maximum Gasteiger partial charge on any atom is 0.349 e. The molecule has 0 amide bonds. The number of hydrogen-bond donors (Lipinski definition) is 0. The number of hydrogen-bond acceptors (Lipinski definition) is 5. The summed E-state index contributed by atoms with van der Waals surface area (Å²) >= 11 is 3.41. The lowest BCUT2D eigenvalue weighted by atomic mass is 9.99. The number of benzene rings is 2. The molecule has 0 heterocycles. The second kappa shape index (κ2) is 8.62. The highest BCUT2D eigenvalue weighted by Gasteiger charge is 2.12. The number of carbonyl (C=O) groups is 1. The van der Waals surface area contributed by atoms with Gasteiger partial charge in [-0.2, -0.15) is 0 Å². The van der Waals surface area contributed by atoms with E-state index in [1.54, 1.807) is 6.07 Å². The Bertz CT molecular complexity index is 761. The number of nitrogens with zero attached hydrogens (tertiary/aromatic N) is 1. The summed E-state index contributed by atoms with van der Waals surface area (Å²) in [6.07, 6.45) is 1.02. The first-order valence-electron chi connectivity index (χ1n) is 7.78. The van der Waals surface area contributed by atoms with Gasteiger partial charge in [-0.1, -0.05) is 19.9 Å². The summed E-state index contributed by atoms with van der Waals surface area (Å²) in [5.74, 6) is 0.639. The molecule has 0 saturated heterocycles. The van der Waals surface area contributed by atoms with Gasteiger partial charge in [-0.3, -0.25) is 10.1 Å². The highest BCUT2D eigenvalue weighted by Crippen LogP contribution is 2.30. The van der Waals surface area contributed by atoms with Crippen molar-refractivity contribution in [1.29, 1.82) is 0 Å². The van der Waals surface area contributed by atoms with Crippen LogP contribution in [0, 0.1) is 10.1 Å². The first-order chi connectivity index (χ1) is 11.9. The Morgan fingerprint density at radius 3 is 2.48 bits per heavy atom. The van der Waals surface area contributed by atoms with Crippen molar-refractivity contribution in [3.8, 4) is 11.5 Å². The van der Waals surface area contributed by atoms with Gasteiger partial charge in [0.15, 0.2) is 6.61 Å². The van der Waals surface area contributed by atoms with Crippen molar-refractivity contribution in [3.63, 3.8) is 0 Å². The molecule has 0 fully saturated rings. The van der Waals surface area contributed by atoms with Crippen molar-refractivity contribution in [2.24, 2.45) is 0 Å². The van der Waals surface area contributed by atoms with Crippen LogP contribution in [0.2, 0.25) is 0 Å². The lowest BCUT2D eigenvalue weighted by molar-refractivity contribution is -0.384. The van der Waals surface area contributed by atoms with Gasteiger partial charge in [0.05, 0.1) is 9.40 Å². The van der Waals surface area contributed by atoms with E-state index in [2.05, 4.69) is 29.8 Å². The second-order valence-corrected chi connectivity index (χ2v) is 6.37. The Hall–Kier alpha value is -2.41. The number of ether oxygens (including phenoxy) is 2. The standard InChI is InChI=1S/C18H18BrNO5/c1-3-12(2)13-4-9-17(16(19)10-13)25-18(21)11-24-15-7-5-14(6-8-15)20(22)23/h4-10,12H,3,11H2,1-2H3. The van der Waals surface area contributed by atoms with Crippen LogP contribution in [-0.4, -0.2) is 17.5 Å². The van der Waals surface area contributed by atoms with Gasteiger partial charge in [-0.05, 0) is 58.1 Å². The molecular weight excluding hydrogens is 390 g/mol. The van der Waals surface area contributed by atoms with Crippen LogP contribution in [0.5, 0.6) is 11.5 Å². The molecule has 25 heavy (non-hydrogen) atoms. The Balaban J connectivity index is 1.92. The van der Waals surface area contributed by atoms with Crippen molar-refractivity contribution in [2.45, 2.75) is 26.2 Å². The summed E-state index contributed by atoms with van der Waals surface area (Å²) in [4.78, 5) is 22.0. The first-order valence-corrected chi connectivity index (χ1v) is 8.57. The zero-order valence-electron chi connectivity index (χ0n) is 13.9. The first kappa shape index (κ1) is 18.9. The second-order valence-electron chi connectivity index (χ2n) is 5.51. The average Bonchev–Trinajstić information content (AvgIpc) is 2.61. The third-order valence-corrected chi connectivity index (χ3v) is 4.39. The van der Waals surface area contributed by atoms with E-state index in [1.807, 2.05) is 12.1 Å². The molecule has 7 heteroatoms. The van der Waals surface area contributed by atoms with Crippen LogP contribution in [0.25, 0.3) is 0 Å². The zero-order chi connectivity index (χ0) is 18.4. The van der Waals surface area contributed by atoms with Crippen LogP contribution in [0.4, 0.5) is 5.69 Å². The molecule has 2 aromatic carbocycles. The normalized spacial score (nSPS) is 11.6. The molecule has 0 N–H and O–H groups in total. The highest BCUT2D eigenvalue weighted by atomic mass is 79.9. The van der Waals surface area contributed by atoms with E-state index in [-0.39, 0.29) is 12.3 Å². The quantitative estimate of drug-likeness (QED) is 0.283. The Morgan fingerprint density at radius 2 is 1.92 bits per heavy atom. The highest BCUT2D eigenvalue weighted by molar-refractivity contribution is 9.10. The largest absolute Gasteiger partial charge is 0.482 e. The number of rotatable bonds is 7. The maximum absolute atomic E-state index is 11.9. The number of nitro benzene ring substituents is 1. The van der Waals surface area contributed by atoms with Gasteiger partial charge < -0.3 is 9.47 Å². The predicted octanol–water partition coefficient (Wildman–Crippen LogP) is 4.86. The van der Waals surface area contributed by atoms with Crippen molar-refractivity contribution in [3.05, 3.63) is 62.6 Å². The van der Waals surface area contributed by atoms with E-state index in [0.29, 0.717) is 21.9 Å². The third kappa shape index (κ3) is 5.29. The van der Waals surface area contributed by atoms with Gasteiger partial charge in [0, 0.05) is 12.1 Å². The van der Waals surface area contributed by atoms with E-state index >= 15 is 0 Å². The fraction of sp³-hybridized carbons (Fsp3) is 0.278. The molecule has 0 saturated carbocycles. The fourth-order valence-electron chi connectivity index (χ4n) is 2.10. The Labute approximate surface area is 154 Å². The van der Waals surface area contributed by atoms with Crippen molar-refractivity contribution < 1.29 is 19.2 Å². The number of esters is 1. The summed E-state index contributed by atoms with van der Waals surface area (Å²) < 4.78 is 11.3. The molecule has 0 radical (unpaired) electrons. The maximum atomic E-state index is 11.9. The van der Waals surface area contributed by atoms with Gasteiger partial charge >= 0.3 is 5.97 Å². The van der Waals surface area contributed by atoms with E-state index < -0.39 is 10.9 Å². The molecule has 0 aliphatic heterocycles. The van der Waals surface area contributed by atoms with Gasteiger partial charge in [0.2, 0.25) is 0 Å². The molecule has 0 aliphatic carbocycles. The Morgan fingerprint density at radius 1 is 1.24 bits per heavy atom. The lowest BCUT2D eigenvalue weighted by Crippen LogP contribution is -2.18. The molecule has 6 nitrogen and oxygen atoms in total. The molecule has 0 bridgehead atoms. The molecule has 0 spiro atoms. The molecule has 2 rings (SSSR count). The molecule has 1 atom stereocenters. The van der Waals surface area contributed by atoms with Crippen molar-refractivity contribution in [2.75, 3.05) is 6.61 Å². The monoisotopic (exact) mass is 407 g/mol. The molecule has 2 aromatic rings. The number of nitro groups is 1. The lowest BCUT2D eigenvalue weighted by Gasteiger charge is -2.12. The van der Waals surface area contributed by atoms with Gasteiger partial charge in [0.25, 0.3) is 5.69 Å². The van der Waals surface area contributed by atoms with E-state index in [1.165, 1.54) is 24.3 Å². The van der Waals surface area contributed by atoms with Crippen LogP contribution in [0.3, 0.4) is 0 Å². The van der Waals surface area contributed by atoms with Crippen LogP contribution >= 0.6 is 15.9 Å². The zero-order valence-corrected chi connectivity index (χ0v) is 15.5.